The highest BCUT2D eigenvalue weighted by molar-refractivity contribution is 6.58. The van der Waals surface area contributed by atoms with Crippen molar-refractivity contribution in [1.29, 1.82) is 0 Å². The van der Waals surface area contributed by atoms with Gasteiger partial charge in [-0.1, -0.05) is 73.7 Å². The Balaban J connectivity index is 0.687. The number of likely N-dealkylation sites (tertiary alicyclic amines) is 1. The fourth-order valence-electron chi connectivity index (χ4n) is 10.5. The first kappa shape index (κ1) is 46.1. The minimum atomic E-state index is -1.52. The van der Waals surface area contributed by atoms with Crippen LogP contribution >= 0.6 is 0 Å². The number of hydrogen-bond donors (Lipinski definition) is 3. The molecule has 0 aliphatic carbocycles. The first-order valence-electron chi connectivity index (χ1n) is 24.1. The summed E-state index contributed by atoms with van der Waals surface area (Å²) in [5.74, 6) is 0.555. The van der Waals surface area contributed by atoms with Crippen LogP contribution < -0.4 is 20.4 Å². The standard InChI is InChI=1S/C52H62BN7O7/c1-2-45(38-6-4-3-5-7-38)49(39-8-12-42(13-9-39)53(65)66)40-10-15-44(16-11-40)67-33-32-55-24-30-59(31-25-55)52(64)58-22-20-37(21-23-58)35-56-26-28-57(29-27-56)43-14-17-46-41(34-43)36-60(51(46)63)47-18-19-48(61)54-50(47)62/h3-17,34,37,47,65-66H,2,18-33,35-36H2,1H3,(H,54,61,62)/b49-45-. The summed E-state index contributed by atoms with van der Waals surface area (Å²) in [5, 5.41) is 21.7. The van der Waals surface area contributed by atoms with Crippen molar-refractivity contribution in [1.82, 2.24) is 29.8 Å². The van der Waals surface area contributed by atoms with E-state index in [0.717, 1.165) is 124 Å². The van der Waals surface area contributed by atoms with Gasteiger partial charge in [-0.15, -0.1) is 0 Å². The third-order valence-corrected chi connectivity index (χ3v) is 14.4. The van der Waals surface area contributed by atoms with E-state index in [9.17, 15) is 29.2 Å². The van der Waals surface area contributed by atoms with E-state index in [1.54, 1.807) is 17.0 Å². The lowest BCUT2D eigenvalue weighted by Gasteiger charge is -2.41. The molecule has 0 bridgehead atoms. The molecule has 67 heavy (non-hydrogen) atoms. The molecule has 5 amide bonds. The van der Waals surface area contributed by atoms with Crippen molar-refractivity contribution < 1.29 is 34.0 Å². The lowest BCUT2D eigenvalue weighted by molar-refractivity contribution is -0.136. The Hall–Kier alpha value is -6.00. The van der Waals surface area contributed by atoms with Gasteiger partial charge >= 0.3 is 13.1 Å². The predicted molar refractivity (Wildman–Crippen MR) is 260 cm³/mol. The summed E-state index contributed by atoms with van der Waals surface area (Å²) in [6.45, 7) is 13.3. The number of imide groups is 1. The largest absolute Gasteiger partial charge is 0.492 e. The molecule has 14 nitrogen and oxygen atoms in total. The molecule has 15 heteroatoms. The zero-order valence-electron chi connectivity index (χ0n) is 38.5. The molecule has 0 saturated carbocycles. The predicted octanol–water partition coefficient (Wildman–Crippen LogP) is 4.15. The lowest BCUT2D eigenvalue weighted by Crippen LogP contribution is -2.55. The van der Waals surface area contributed by atoms with Crippen molar-refractivity contribution in [2.45, 2.75) is 51.6 Å². The van der Waals surface area contributed by atoms with Crippen LogP contribution in [0.25, 0.3) is 11.1 Å². The molecule has 0 spiro atoms. The number of ether oxygens (including phenoxy) is 1. The summed E-state index contributed by atoms with van der Waals surface area (Å²) in [6, 6.07) is 31.6. The Bertz CT molecular complexity index is 2430. The molecule has 5 aliphatic heterocycles. The normalized spacial score (nSPS) is 20.2. The molecule has 5 heterocycles. The molecule has 4 saturated heterocycles. The van der Waals surface area contributed by atoms with E-state index >= 15 is 0 Å². The Morgan fingerprint density at radius 2 is 1.39 bits per heavy atom. The minimum Gasteiger partial charge on any atom is -0.492 e. The van der Waals surface area contributed by atoms with Crippen molar-refractivity contribution in [3.05, 3.63) is 125 Å². The van der Waals surface area contributed by atoms with Crippen LogP contribution in [0, 0.1) is 5.92 Å². The molecule has 3 N–H and O–H groups in total. The van der Waals surface area contributed by atoms with Crippen LogP contribution in [-0.4, -0.2) is 157 Å². The molecule has 4 aromatic carbocycles. The van der Waals surface area contributed by atoms with Crippen molar-refractivity contribution in [2.75, 3.05) is 90.0 Å². The van der Waals surface area contributed by atoms with Crippen LogP contribution in [0.15, 0.2) is 97.1 Å². The van der Waals surface area contributed by atoms with Gasteiger partial charge < -0.3 is 34.4 Å². The van der Waals surface area contributed by atoms with Crippen molar-refractivity contribution in [2.24, 2.45) is 5.92 Å². The fourth-order valence-corrected chi connectivity index (χ4v) is 10.5. The van der Waals surface area contributed by atoms with Gasteiger partial charge in [0, 0.05) is 103 Å². The highest BCUT2D eigenvalue weighted by Crippen LogP contribution is 2.35. The van der Waals surface area contributed by atoms with Gasteiger partial charge in [-0.3, -0.25) is 29.5 Å². The molecule has 1 atom stereocenters. The lowest BCUT2D eigenvalue weighted by atomic mass is 9.79. The number of fused-ring (bicyclic) bond motifs is 1. The number of carbonyl (C=O) groups is 4. The summed E-state index contributed by atoms with van der Waals surface area (Å²) in [6.07, 6.45) is 3.46. The van der Waals surface area contributed by atoms with Crippen LogP contribution in [0.3, 0.4) is 0 Å². The van der Waals surface area contributed by atoms with Crippen LogP contribution in [0.1, 0.15) is 71.6 Å². The van der Waals surface area contributed by atoms with E-state index < -0.39 is 13.2 Å². The van der Waals surface area contributed by atoms with Gasteiger partial charge in [0.15, 0.2) is 0 Å². The molecule has 0 aromatic heterocycles. The molecule has 4 aromatic rings. The number of nitrogens with one attached hydrogen (secondary N) is 1. The second-order valence-corrected chi connectivity index (χ2v) is 18.5. The van der Waals surface area contributed by atoms with Gasteiger partial charge in [-0.25, -0.2) is 4.79 Å². The van der Waals surface area contributed by atoms with Crippen LogP contribution in [0.4, 0.5) is 10.5 Å². The number of urea groups is 1. The number of hydrogen-bond acceptors (Lipinski definition) is 10. The number of carbonyl (C=O) groups excluding carboxylic acids is 4. The number of anilines is 1. The molecule has 5 aliphatic rings. The maximum atomic E-state index is 13.6. The summed E-state index contributed by atoms with van der Waals surface area (Å²) in [4.78, 5) is 63.9. The molecular formula is C52H62BN7O7. The van der Waals surface area contributed by atoms with Crippen molar-refractivity contribution >= 4 is 53.2 Å². The quantitative estimate of drug-likeness (QED) is 0.102. The number of rotatable bonds is 13. The van der Waals surface area contributed by atoms with E-state index in [2.05, 4.69) is 62.2 Å². The summed E-state index contributed by atoms with van der Waals surface area (Å²) in [5.41, 5.74) is 8.64. The summed E-state index contributed by atoms with van der Waals surface area (Å²) < 4.78 is 6.23. The molecule has 4 fully saturated rings. The van der Waals surface area contributed by atoms with Gasteiger partial charge in [-0.05, 0) is 101 Å². The average molecular weight is 908 g/mol. The van der Waals surface area contributed by atoms with Gasteiger partial charge in [0.1, 0.15) is 18.4 Å². The fraction of sp³-hybridized carbons (Fsp3) is 0.423. The molecule has 1 unspecified atom stereocenters. The van der Waals surface area contributed by atoms with Crippen LogP contribution in [0.2, 0.25) is 0 Å². The Labute approximate surface area is 393 Å². The minimum absolute atomic E-state index is 0.143. The van der Waals surface area contributed by atoms with E-state index in [-0.39, 0.29) is 30.2 Å². The second-order valence-electron chi connectivity index (χ2n) is 18.5. The molecule has 0 radical (unpaired) electrons. The maximum absolute atomic E-state index is 13.6. The van der Waals surface area contributed by atoms with Gasteiger partial charge in [-0.2, -0.15) is 0 Å². The third-order valence-electron chi connectivity index (χ3n) is 14.4. The summed E-state index contributed by atoms with van der Waals surface area (Å²) >= 11 is 0. The number of benzene rings is 4. The molecular weight excluding hydrogens is 845 g/mol. The second kappa shape index (κ2) is 20.9. The topological polar surface area (TPSA) is 149 Å². The van der Waals surface area contributed by atoms with Crippen LogP contribution in [-0.2, 0) is 16.1 Å². The first-order chi connectivity index (χ1) is 32.6. The van der Waals surface area contributed by atoms with E-state index in [0.29, 0.717) is 49.6 Å². The highest BCUT2D eigenvalue weighted by Gasteiger charge is 2.39. The van der Waals surface area contributed by atoms with Gasteiger partial charge in [0.25, 0.3) is 5.91 Å². The average Bonchev–Trinajstić information content (AvgIpc) is 3.68. The van der Waals surface area contributed by atoms with E-state index in [4.69, 9.17) is 4.74 Å². The van der Waals surface area contributed by atoms with Gasteiger partial charge in [0.2, 0.25) is 11.8 Å². The monoisotopic (exact) mass is 907 g/mol. The summed E-state index contributed by atoms with van der Waals surface area (Å²) in [7, 11) is -1.52. The van der Waals surface area contributed by atoms with E-state index in [1.807, 2.05) is 59.5 Å². The Morgan fingerprint density at radius 1 is 0.731 bits per heavy atom. The van der Waals surface area contributed by atoms with Crippen molar-refractivity contribution in [3.8, 4) is 5.75 Å². The van der Waals surface area contributed by atoms with Crippen LogP contribution in [0.5, 0.6) is 5.75 Å². The smallest absolute Gasteiger partial charge is 0.488 e. The molecule has 350 valence electrons. The SMILES string of the molecule is CC/C(=C(/c1ccc(OCCN2CCN(C(=O)N3CCC(CN4CCN(c5ccc6c(c5)CN(C5CCC(=O)NC5=O)C6=O)CC4)CC3)CC2)cc1)c1ccc(B(O)O)cc1)c1ccccc1. The number of nitrogens with zero attached hydrogens (tertiary/aromatic N) is 6. The maximum Gasteiger partial charge on any atom is 0.488 e. The molecule has 9 rings (SSSR count). The number of piperidine rings is 2. The van der Waals surface area contributed by atoms with E-state index in [1.165, 1.54) is 5.57 Å². The first-order valence-corrected chi connectivity index (χ1v) is 24.1. The number of allylic oxidation sites excluding steroid dienone is 1. The zero-order chi connectivity index (χ0) is 46.4. The van der Waals surface area contributed by atoms with Gasteiger partial charge in [0.05, 0.1) is 0 Å². The number of amides is 5. The van der Waals surface area contributed by atoms with Crippen molar-refractivity contribution in [3.63, 3.8) is 0 Å². The third kappa shape index (κ3) is 10.6. The Morgan fingerprint density at radius 3 is 2.04 bits per heavy atom. The zero-order valence-corrected chi connectivity index (χ0v) is 38.5. The Kier molecular flexibility index (Phi) is 14.4. The highest BCUT2D eigenvalue weighted by atomic mass is 16.5. The number of piperazine rings is 2.